The maximum absolute atomic E-state index is 12.7. The molecule has 0 spiro atoms. The largest absolute Gasteiger partial charge is 0.369 e. The summed E-state index contributed by atoms with van der Waals surface area (Å²) in [5.74, 6) is -0.296. The van der Waals surface area contributed by atoms with Crippen LogP contribution >= 0.6 is 0 Å². The van der Waals surface area contributed by atoms with Crippen molar-refractivity contribution in [3.8, 4) is 5.69 Å². The number of rotatable bonds is 3. The van der Waals surface area contributed by atoms with Gasteiger partial charge in [-0.15, -0.1) is 0 Å². The number of hydrogen-bond donors (Lipinski definition) is 1. The first-order chi connectivity index (χ1) is 13.5. The number of amides is 2. The summed E-state index contributed by atoms with van der Waals surface area (Å²) in [6.45, 7) is 2.95. The van der Waals surface area contributed by atoms with Crippen molar-refractivity contribution in [1.82, 2.24) is 14.7 Å². The van der Waals surface area contributed by atoms with Crippen molar-refractivity contribution in [3.05, 3.63) is 46.8 Å². The number of ketones is 1. The van der Waals surface area contributed by atoms with Crippen LogP contribution in [0.2, 0.25) is 0 Å². The molecule has 2 aliphatic rings. The maximum Gasteiger partial charge on any atom is 0.253 e. The summed E-state index contributed by atoms with van der Waals surface area (Å²) in [6, 6.07) is 7.34. The number of benzene rings is 1. The quantitative estimate of drug-likeness (QED) is 0.881. The average Bonchev–Trinajstić information content (AvgIpc) is 3.05. The number of nitrogens with zero attached hydrogens (tertiary/aromatic N) is 3. The molecule has 4 rings (SSSR count). The molecule has 0 radical (unpaired) electrons. The zero-order valence-electron chi connectivity index (χ0n) is 16.0. The molecule has 1 aliphatic heterocycles. The van der Waals surface area contributed by atoms with Gasteiger partial charge in [-0.2, -0.15) is 5.10 Å². The van der Waals surface area contributed by atoms with Gasteiger partial charge in [0.05, 0.1) is 22.6 Å². The molecule has 146 valence electrons. The third-order valence-electron chi connectivity index (χ3n) is 5.80. The summed E-state index contributed by atoms with van der Waals surface area (Å²) < 4.78 is 1.83. The van der Waals surface area contributed by atoms with Gasteiger partial charge in [0.2, 0.25) is 5.91 Å². The van der Waals surface area contributed by atoms with Gasteiger partial charge < -0.3 is 10.6 Å². The number of hydrogen-bond acceptors (Lipinski definition) is 4. The molecule has 2 heterocycles. The van der Waals surface area contributed by atoms with E-state index in [1.807, 2.05) is 23.7 Å². The number of Topliss-reactive ketones (excluding diaryl/α,β-unsaturated/α-hetero) is 1. The molecule has 0 bridgehead atoms. The van der Waals surface area contributed by atoms with Crippen molar-refractivity contribution < 1.29 is 14.4 Å². The van der Waals surface area contributed by atoms with Gasteiger partial charge in [-0.1, -0.05) is 0 Å². The predicted octanol–water partition coefficient (Wildman–Crippen LogP) is 2.04. The van der Waals surface area contributed by atoms with Crippen LogP contribution in [0.5, 0.6) is 0 Å². The van der Waals surface area contributed by atoms with Gasteiger partial charge in [-0.25, -0.2) is 4.68 Å². The van der Waals surface area contributed by atoms with Crippen molar-refractivity contribution in [1.29, 1.82) is 0 Å². The van der Waals surface area contributed by atoms with Crippen LogP contribution < -0.4 is 5.73 Å². The molecular formula is C21H24N4O3. The van der Waals surface area contributed by atoms with Crippen LogP contribution in [0.1, 0.15) is 57.8 Å². The molecule has 0 saturated carbocycles. The normalized spacial score (nSPS) is 17.5. The number of primary amides is 1. The number of carbonyl (C=O) groups excluding carboxylic acids is 3. The third-order valence-corrected chi connectivity index (χ3v) is 5.80. The lowest BCUT2D eigenvalue weighted by atomic mass is 9.94. The molecule has 1 aromatic heterocycles. The summed E-state index contributed by atoms with van der Waals surface area (Å²) in [7, 11) is 0. The highest BCUT2D eigenvalue weighted by Gasteiger charge is 2.27. The average molecular weight is 380 g/mol. The second-order valence-corrected chi connectivity index (χ2v) is 7.61. The Hall–Kier alpha value is -2.96. The maximum atomic E-state index is 12.7. The number of nitrogens with two attached hydrogens (primary N) is 1. The van der Waals surface area contributed by atoms with Crippen LogP contribution in [0.3, 0.4) is 0 Å². The number of carbonyl (C=O) groups is 3. The van der Waals surface area contributed by atoms with Gasteiger partial charge in [0, 0.05) is 31.0 Å². The highest BCUT2D eigenvalue weighted by Crippen LogP contribution is 2.27. The standard InChI is InChI=1S/C21H24N4O3/c1-13-19-17(3-2-4-18(19)26)25(23-13)16-7-5-15(6-8-16)21(28)24-11-9-14(10-12-24)20(22)27/h5-8,14H,2-4,9-12H2,1H3,(H2,22,27). The van der Waals surface area contributed by atoms with Crippen LogP contribution in [0.4, 0.5) is 0 Å². The Morgan fingerprint density at radius 1 is 1.11 bits per heavy atom. The second kappa shape index (κ2) is 7.22. The summed E-state index contributed by atoms with van der Waals surface area (Å²) in [4.78, 5) is 38.0. The van der Waals surface area contributed by atoms with E-state index in [4.69, 9.17) is 5.73 Å². The molecule has 2 amide bonds. The molecule has 1 saturated heterocycles. The molecule has 1 aliphatic carbocycles. The lowest BCUT2D eigenvalue weighted by molar-refractivity contribution is -0.123. The molecule has 2 aromatic rings. The van der Waals surface area contributed by atoms with Crippen LogP contribution in [0, 0.1) is 12.8 Å². The third kappa shape index (κ3) is 3.21. The van der Waals surface area contributed by atoms with Crippen LogP contribution in [0.15, 0.2) is 24.3 Å². The number of piperidine rings is 1. The van der Waals surface area contributed by atoms with E-state index in [-0.39, 0.29) is 23.5 Å². The van der Waals surface area contributed by atoms with Gasteiger partial charge in [-0.05, 0) is 56.9 Å². The van der Waals surface area contributed by atoms with Crippen LogP contribution in [0.25, 0.3) is 5.69 Å². The Labute approximate surface area is 163 Å². The molecule has 0 unspecified atom stereocenters. The number of likely N-dealkylation sites (tertiary alicyclic amines) is 1. The lowest BCUT2D eigenvalue weighted by Crippen LogP contribution is -2.41. The monoisotopic (exact) mass is 380 g/mol. The highest BCUT2D eigenvalue weighted by molar-refractivity contribution is 5.99. The van der Waals surface area contributed by atoms with E-state index < -0.39 is 0 Å². The minimum atomic E-state index is -0.284. The molecular weight excluding hydrogens is 356 g/mol. The van der Waals surface area contributed by atoms with Crippen LogP contribution in [-0.4, -0.2) is 45.4 Å². The van der Waals surface area contributed by atoms with E-state index in [9.17, 15) is 14.4 Å². The molecule has 7 nitrogen and oxygen atoms in total. The first-order valence-electron chi connectivity index (χ1n) is 9.76. The van der Waals surface area contributed by atoms with E-state index in [1.165, 1.54) is 0 Å². The zero-order valence-corrected chi connectivity index (χ0v) is 16.0. The summed E-state index contributed by atoms with van der Waals surface area (Å²) >= 11 is 0. The minimum absolute atomic E-state index is 0.0386. The topological polar surface area (TPSA) is 98.3 Å². The smallest absolute Gasteiger partial charge is 0.253 e. The Kier molecular flexibility index (Phi) is 4.75. The summed E-state index contributed by atoms with van der Waals surface area (Å²) in [6.07, 6.45) is 3.49. The highest BCUT2D eigenvalue weighted by atomic mass is 16.2. The fraction of sp³-hybridized carbons (Fsp3) is 0.429. The second-order valence-electron chi connectivity index (χ2n) is 7.61. The van der Waals surface area contributed by atoms with Gasteiger partial charge in [0.15, 0.2) is 5.78 Å². The summed E-state index contributed by atoms with van der Waals surface area (Å²) in [5.41, 5.74) is 9.29. The SMILES string of the molecule is Cc1nn(-c2ccc(C(=O)N3CCC(C(N)=O)CC3)cc2)c2c1C(=O)CCC2. The van der Waals surface area contributed by atoms with Crippen molar-refractivity contribution in [2.45, 2.75) is 39.0 Å². The number of fused-ring (bicyclic) bond motifs is 1. The van der Waals surface area contributed by atoms with Crippen LogP contribution in [-0.2, 0) is 11.2 Å². The molecule has 28 heavy (non-hydrogen) atoms. The van der Waals surface area contributed by atoms with E-state index in [0.29, 0.717) is 37.9 Å². The fourth-order valence-corrected chi connectivity index (χ4v) is 4.22. The number of aryl methyl sites for hydroxylation is 1. The van der Waals surface area contributed by atoms with Crippen molar-refractivity contribution in [2.24, 2.45) is 11.7 Å². The zero-order chi connectivity index (χ0) is 19.8. The van der Waals surface area contributed by atoms with Crippen molar-refractivity contribution in [2.75, 3.05) is 13.1 Å². The van der Waals surface area contributed by atoms with Gasteiger partial charge in [-0.3, -0.25) is 14.4 Å². The minimum Gasteiger partial charge on any atom is -0.369 e. The molecule has 7 heteroatoms. The van der Waals surface area contributed by atoms with Gasteiger partial charge in [0.1, 0.15) is 0 Å². The Bertz CT molecular complexity index is 937. The molecule has 0 atom stereocenters. The Morgan fingerprint density at radius 2 is 1.79 bits per heavy atom. The molecule has 1 fully saturated rings. The first-order valence-corrected chi connectivity index (χ1v) is 9.76. The lowest BCUT2D eigenvalue weighted by Gasteiger charge is -2.30. The first kappa shape index (κ1) is 18.4. The number of aromatic nitrogens is 2. The Balaban J connectivity index is 1.52. The van der Waals surface area contributed by atoms with Gasteiger partial charge in [0.25, 0.3) is 5.91 Å². The predicted molar refractivity (Wildman–Crippen MR) is 103 cm³/mol. The van der Waals surface area contributed by atoms with E-state index >= 15 is 0 Å². The van der Waals surface area contributed by atoms with E-state index in [2.05, 4.69) is 5.10 Å². The fourth-order valence-electron chi connectivity index (χ4n) is 4.22. The Morgan fingerprint density at radius 3 is 2.43 bits per heavy atom. The van der Waals surface area contributed by atoms with Crippen molar-refractivity contribution in [3.63, 3.8) is 0 Å². The van der Waals surface area contributed by atoms with E-state index in [0.717, 1.165) is 35.5 Å². The molecule has 2 N–H and O–H groups in total. The van der Waals surface area contributed by atoms with Crippen molar-refractivity contribution >= 4 is 17.6 Å². The van der Waals surface area contributed by atoms with E-state index in [1.54, 1.807) is 17.0 Å². The molecule has 1 aromatic carbocycles. The van der Waals surface area contributed by atoms with Gasteiger partial charge >= 0.3 is 0 Å². The summed E-state index contributed by atoms with van der Waals surface area (Å²) in [5, 5.41) is 4.56.